The molecule has 0 radical (unpaired) electrons. The summed E-state index contributed by atoms with van der Waals surface area (Å²) in [5.41, 5.74) is 0.522. The van der Waals surface area contributed by atoms with E-state index in [0.29, 0.717) is 6.04 Å². The summed E-state index contributed by atoms with van der Waals surface area (Å²) in [5.74, 6) is -0.648. The zero-order valence-electron chi connectivity index (χ0n) is 10.4. The number of carbonyl (C=O) groups is 1. The lowest BCUT2D eigenvalue weighted by Gasteiger charge is -2.20. The normalized spacial score (nSPS) is 13.8. The Bertz CT molecular complexity index is 552. The number of anilines is 1. The Hall–Kier alpha value is -1.61. The maximum atomic E-state index is 14.1. The molecule has 1 saturated carbocycles. The van der Waals surface area contributed by atoms with Crippen LogP contribution in [0.1, 0.15) is 18.4 Å². The Balaban J connectivity index is 2.10. The van der Waals surface area contributed by atoms with Gasteiger partial charge in [0.1, 0.15) is 6.07 Å². The summed E-state index contributed by atoms with van der Waals surface area (Å²) in [6, 6.07) is 5.21. The first-order valence-corrected chi connectivity index (χ1v) is 6.71. The predicted molar refractivity (Wildman–Crippen MR) is 73.2 cm³/mol. The average Bonchev–Trinajstić information content (AvgIpc) is 3.16. The molecule has 100 valence electrons. The Morgan fingerprint density at radius 2 is 2.32 bits per heavy atom. The molecule has 0 aliphatic heterocycles. The molecule has 0 aromatic heterocycles. The van der Waals surface area contributed by atoms with Crippen molar-refractivity contribution in [2.24, 2.45) is 0 Å². The van der Waals surface area contributed by atoms with E-state index < -0.39 is 5.82 Å². The van der Waals surface area contributed by atoms with Gasteiger partial charge in [0.15, 0.2) is 5.82 Å². The predicted octanol–water partition coefficient (Wildman–Crippen LogP) is 2.17. The van der Waals surface area contributed by atoms with Crippen molar-refractivity contribution in [3.05, 3.63) is 28.0 Å². The molecule has 4 nitrogen and oxygen atoms in total. The van der Waals surface area contributed by atoms with Gasteiger partial charge in [-0.25, -0.2) is 4.39 Å². The van der Waals surface area contributed by atoms with Crippen molar-refractivity contribution in [1.82, 2.24) is 5.32 Å². The molecule has 0 unspecified atom stereocenters. The van der Waals surface area contributed by atoms with E-state index in [1.54, 1.807) is 7.05 Å². The van der Waals surface area contributed by atoms with Crippen LogP contribution in [0.4, 0.5) is 10.1 Å². The number of halogens is 2. The van der Waals surface area contributed by atoms with Gasteiger partial charge in [0.2, 0.25) is 5.91 Å². The van der Waals surface area contributed by atoms with Crippen molar-refractivity contribution >= 4 is 27.5 Å². The van der Waals surface area contributed by atoms with Gasteiger partial charge >= 0.3 is 0 Å². The SMILES string of the molecule is CN(CC(=O)NC1CC1)c1ccc(C#N)c(Br)c1F. The fraction of sp³-hybridized carbons (Fsp3) is 0.385. The van der Waals surface area contributed by atoms with Gasteiger partial charge in [0.25, 0.3) is 0 Å². The lowest BCUT2D eigenvalue weighted by molar-refractivity contribution is -0.119. The topological polar surface area (TPSA) is 56.1 Å². The van der Waals surface area contributed by atoms with E-state index in [-0.39, 0.29) is 28.2 Å². The fourth-order valence-electron chi connectivity index (χ4n) is 1.72. The number of nitrogens with zero attached hydrogens (tertiary/aromatic N) is 2. The number of benzene rings is 1. The third-order valence-corrected chi connectivity index (χ3v) is 3.69. The molecule has 1 aromatic rings. The number of hydrogen-bond donors (Lipinski definition) is 1. The van der Waals surface area contributed by atoms with Crippen LogP contribution in [0.15, 0.2) is 16.6 Å². The molecule has 1 fully saturated rings. The van der Waals surface area contributed by atoms with Crippen LogP contribution in [0.3, 0.4) is 0 Å². The number of hydrogen-bond acceptors (Lipinski definition) is 3. The minimum Gasteiger partial charge on any atom is -0.363 e. The Morgan fingerprint density at radius 1 is 1.63 bits per heavy atom. The lowest BCUT2D eigenvalue weighted by Crippen LogP contribution is -2.36. The summed E-state index contributed by atoms with van der Waals surface area (Å²) < 4.78 is 14.2. The van der Waals surface area contributed by atoms with Crippen LogP contribution in [0.2, 0.25) is 0 Å². The minimum atomic E-state index is -0.527. The number of nitrogens with one attached hydrogen (secondary N) is 1. The van der Waals surface area contributed by atoms with Crippen molar-refractivity contribution in [3.8, 4) is 6.07 Å². The van der Waals surface area contributed by atoms with Crippen molar-refractivity contribution in [2.45, 2.75) is 18.9 Å². The quantitative estimate of drug-likeness (QED) is 0.923. The molecule has 0 saturated heterocycles. The van der Waals surface area contributed by atoms with E-state index in [9.17, 15) is 9.18 Å². The molecule has 1 aromatic carbocycles. The zero-order chi connectivity index (χ0) is 14.0. The molecule has 1 aliphatic rings. The highest BCUT2D eigenvalue weighted by Gasteiger charge is 2.24. The van der Waals surface area contributed by atoms with Crippen LogP contribution in [0.25, 0.3) is 0 Å². The van der Waals surface area contributed by atoms with Gasteiger partial charge in [-0.3, -0.25) is 4.79 Å². The Kier molecular flexibility index (Phi) is 4.05. The molecular formula is C13H13BrFN3O. The highest BCUT2D eigenvalue weighted by molar-refractivity contribution is 9.10. The second-order valence-electron chi connectivity index (χ2n) is 4.57. The summed E-state index contributed by atoms with van der Waals surface area (Å²) in [5, 5.41) is 11.6. The smallest absolute Gasteiger partial charge is 0.239 e. The molecule has 1 N–H and O–H groups in total. The summed E-state index contributed by atoms with van der Waals surface area (Å²) in [4.78, 5) is 13.2. The van der Waals surface area contributed by atoms with E-state index in [0.717, 1.165) is 12.8 Å². The van der Waals surface area contributed by atoms with Gasteiger partial charge in [0.05, 0.1) is 22.3 Å². The van der Waals surface area contributed by atoms with Crippen molar-refractivity contribution in [3.63, 3.8) is 0 Å². The maximum absolute atomic E-state index is 14.1. The van der Waals surface area contributed by atoms with Crippen LogP contribution < -0.4 is 10.2 Å². The molecule has 0 spiro atoms. The maximum Gasteiger partial charge on any atom is 0.239 e. The van der Waals surface area contributed by atoms with Gasteiger partial charge in [-0.2, -0.15) is 5.26 Å². The third-order valence-electron chi connectivity index (χ3n) is 2.92. The van der Waals surface area contributed by atoms with Crippen molar-refractivity contribution < 1.29 is 9.18 Å². The molecule has 1 aliphatic carbocycles. The number of nitriles is 1. The van der Waals surface area contributed by atoms with Crippen molar-refractivity contribution in [1.29, 1.82) is 5.26 Å². The Morgan fingerprint density at radius 3 is 2.89 bits per heavy atom. The van der Waals surface area contributed by atoms with E-state index in [1.807, 2.05) is 6.07 Å². The van der Waals surface area contributed by atoms with Crippen molar-refractivity contribution in [2.75, 3.05) is 18.5 Å². The number of rotatable bonds is 4. The first-order valence-electron chi connectivity index (χ1n) is 5.91. The monoisotopic (exact) mass is 325 g/mol. The second-order valence-corrected chi connectivity index (χ2v) is 5.36. The van der Waals surface area contributed by atoms with E-state index in [1.165, 1.54) is 17.0 Å². The first kappa shape index (κ1) is 13.8. The highest BCUT2D eigenvalue weighted by atomic mass is 79.9. The molecule has 0 atom stereocenters. The summed E-state index contributed by atoms with van der Waals surface area (Å²) in [6.07, 6.45) is 2.04. The molecule has 19 heavy (non-hydrogen) atoms. The molecular weight excluding hydrogens is 313 g/mol. The molecule has 6 heteroatoms. The van der Waals surface area contributed by atoms with Crippen LogP contribution in [-0.2, 0) is 4.79 Å². The van der Waals surface area contributed by atoms with Gasteiger partial charge in [-0.05, 0) is 40.9 Å². The largest absolute Gasteiger partial charge is 0.363 e. The summed E-state index contributed by atoms with van der Waals surface area (Å²) in [7, 11) is 1.64. The van der Waals surface area contributed by atoms with Crippen LogP contribution in [0, 0.1) is 17.1 Å². The van der Waals surface area contributed by atoms with Gasteiger partial charge in [-0.15, -0.1) is 0 Å². The first-order chi connectivity index (χ1) is 9.02. The molecule has 0 heterocycles. The van der Waals surface area contributed by atoms with Gasteiger partial charge in [0, 0.05) is 13.1 Å². The average molecular weight is 326 g/mol. The second kappa shape index (κ2) is 5.57. The van der Waals surface area contributed by atoms with Gasteiger partial charge in [-0.1, -0.05) is 0 Å². The van der Waals surface area contributed by atoms with Crippen LogP contribution in [-0.4, -0.2) is 25.5 Å². The fourth-order valence-corrected chi connectivity index (χ4v) is 2.15. The van der Waals surface area contributed by atoms with E-state index >= 15 is 0 Å². The minimum absolute atomic E-state index is 0.0890. The molecule has 0 bridgehead atoms. The summed E-state index contributed by atoms with van der Waals surface area (Å²) in [6.45, 7) is 0.0890. The van der Waals surface area contributed by atoms with Crippen LogP contribution in [0.5, 0.6) is 0 Å². The third kappa shape index (κ3) is 3.24. The number of carbonyl (C=O) groups excluding carboxylic acids is 1. The molecule has 1 amide bonds. The standard InChI is InChI=1S/C13H13BrFN3O/c1-18(7-11(19)17-9-3-4-9)10-5-2-8(6-16)12(14)13(10)15/h2,5,9H,3-4,7H2,1H3,(H,17,19). The Labute approximate surface area is 119 Å². The van der Waals surface area contributed by atoms with E-state index in [4.69, 9.17) is 5.26 Å². The highest BCUT2D eigenvalue weighted by Crippen LogP contribution is 2.28. The summed E-state index contributed by atoms with van der Waals surface area (Å²) >= 11 is 3.05. The van der Waals surface area contributed by atoms with Crippen LogP contribution >= 0.6 is 15.9 Å². The lowest BCUT2D eigenvalue weighted by atomic mass is 10.2. The number of amides is 1. The number of likely N-dealkylation sites (N-methyl/N-ethyl adjacent to an activating group) is 1. The van der Waals surface area contributed by atoms with E-state index in [2.05, 4.69) is 21.2 Å². The molecule has 2 rings (SSSR count). The zero-order valence-corrected chi connectivity index (χ0v) is 12.0. The van der Waals surface area contributed by atoms with Gasteiger partial charge < -0.3 is 10.2 Å².